The summed E-state index contributed by atoms with van der Waals surface area (Å²) in [5.41, 5.74) is 7.26. The van der Waals surface area contributed by atoms with Crippen molar-refractivity contribution in [1.82, 2.24) is 9.88 Å². The van der Waals surface area contributed by atoms with Gasteiger partial charge in [0.1, 0.15) is 4.99 Å². The first kappa shape index (κ1) is 14.2. The quantitative estimate of drug-likeness (QED) is 0.807. The average Bonchev–Trinajstić information content (AvgIpc) is 2.42. The second kappa shape index (κ2) is 6.82. The lowest BCUT2D eigenvalue weighted by Crippen LogP contribution is -2.39. The zero-order valence-corrected chi connectivity index (χ0v) is 12.2. The van der Waals surface area contributed by atoms with E-state index in [9.17, 15) is 0 Å². The van der Waals surface area contributed by atoms with Crippen molar-refractivity contribution < 1.29 is 0 Å². The highest BCUT2D eigenvalue weighted by atomic mass is 32.1. The smallest absolute Gasteiger partial charge is 0.122 e. The molecule has 2 rings (SSSR count). The molecule has 0 amide bonds. The van der Waals surface area contributed by atoms with Crippen molar-refractivity contribution in [1.29, 1.82) is 0 Å². The normalized spacial score (nSPS) is 17.3. The molecule has 1 saturated heterocycles. The first-order valence-corrected chi connectivity index (χ1v) is 7.34. The van der Waals surface area contributed by atoms with Gasteiger partial charge in [0.2, 0.25) is 0 Å². The highest BCUT2D eigenvalue weighted by molar-refractivity contribution is 7.80. The van der Waals surface area contributed by atoms with E-state index < -0.39 is 0 Å². The van der Waals surface area contributed by atoms with Crippen LogP contribution in [0.25, 0.3) is 0 Å². The molecule has 5 heteroatoms. The summed E-state index contributed by atoms with van der Waals surface area (Å²) >= 11 is 4.89. The fourth-order valence-electron chi connectivity index (χ4n) is 2.48. The van der Waals surface area contributed by atoms with Gasteiger partial charge < -0.3 is 16.0 Å². The van der Waals surface area contributed by atoms with Crippen molar-refractivity contribution in [3.05, 3.63) is 24.0 Å². The number of hydrogen-bond donors (Lipinski definition) is 2. The Kier molecular flexibility index (Phi) is 5.10. The van der Waals surface area contributed by atoms with Gasteiger partial charge in [0, 0.05) is 19.1 Å². The topological polar surface area (TPSA) is 54.2 Å². The Balaban J connectivity index is 1.83. The van der Waals surface area contributed by atoms with Crippen molar-refractivity contribution in [2.24, 2.45) is 5.73 Å². The van der Waals surface area contributed by atoms with Gasteiger partial charge in [-0.25, -0.2) is 0 Å². The van der Waals surface area contributed by atoms with E-state index in [2.05, 4.69) is 22.1 Å². The number of aromatic nitrogens is 1. The number of hydrogen-bond acceptors (Lipinski definition) is 4. The minimum Gasteiger partial charge on any atom is -0.388 e. The fourth-order valence-corrected chi connectivity index (χ4v) is 2.60. The summed E-state index contributed by atoms with van der Waals surface area (Å²) in [5, 5.41) is 3.54. The SMILES string of the molecule is CCCN1CCC(Nc2ccc(C(N)=S)nc2)CC1. The number of likely N-dealkylation sites (tertiary alicyclic amines) is 1. The lowest BCUT2D eigenvalue weighted by atomic mass is 10.0. The maximum Gasteiger partial charge on any atom is 0.122 e. The zero-order chi connectivity index (χ0) is 13.7. The molecule has 19 heavy (non-hydrogen) atoms. The molecule has 2 heterocycles. The summed E-state index contributed by atoms with van der Waals surface area (Å²) in [7, 11) is 0. The molecule has 0 unspecified atom stereocenters. The zero-order valence-electron chi connectivity index (χ0n) is 11.4. The van der Waals surface area contributed by atoms with Crippen LogP contribution in [-0.4, -0.2) is 40.5 Å². The molecule has 1 aromatic heterocycles. The number of pyridine rings is 1. The summed E-state index contributed by atoms with van der Waals surface area (Å²) in [6, 6.07) is 4.42. The molecule has 3 N–H and O–H groups in total. The molecule has 0 radical (unpaired) electrons. The predicted octanol–water partition coefficient (Wildman–Crippen LogP) is 2.00. The van der Waals surface area contributed by atoms with Crippen molar-refractivity contribution >= 4 is 22.9 Å². The number of piperidine rings is 1. The van der Waals surface area contributed by atoms with Crippen LogP contribution in [0.5, 0.6) is 0 Å². The van der Waals surface area contributed by atoms with Crippen LogP contribution in [0.2, 0.25) is 0 Å². The molecule has 1 aliphatic rings. The van der Waals surface area contributed by atoms with Crippen molar-refractivity contribution in [2.45, 2.75) is 32.2 Å². The average molecular weight is 278 g/mol. The van der Waals surface area contributed by atoms with Crippen LogP contribution in [0.3, 0.4) is 0 Å². The molecule has 0 aliphatic carbocycles. The van der Waals surface area contributed by atoms with E-state index in [1.54, 1.807) is 0 Å². The molecule has 0 atom stereocenters. The van der Waals surface area contributed by atoms with Crippen molar-refractivity contribution in [3.8, 4) is 0 Å². The van der Waals surface area contributed by atoms with Gasteiger partial charge in [-0.05, 0) is 37.9 Å². The Bertz CT molecular complexity index is 410. The van der Waals surface area contributed by atoms with E-state index in [-0.39, 0.29) is 0 Å². The molecule has 4 nitrogen and oxygen atoms in total. The molecular weight excluding hydrogens is 256 g/mol. The third-order valence-electron chi connectivity index (χ3n) is 3.51. The van der Waals surface area contributed by atoms with Gasteiger partial charge in [-0.2, -0.15) is 0 Å². The van der Waals surface area contributed by atoms with Gasteiger partial charge >= 0.3 is 0 Å². The standard InChI is InChI=1S/C14H22N4S/c1-2-7-18-8-5-11(6-9-18)17-12-3-4-13(14(15)19)16-10-12/h3-4,10-11,17H,2,5-9H2,1H3,(H2,15,19). The van der Waals surface area contributed by atoms with Crippen LogP contribution in [0.4, 0.5) is 5.69 Å². The summed E-state index contributed by atoms with van der Waals surface area (Å²) in [6.45, 7) is 5.82. The summed E-state index contributed by atoms with van der Waals surface area (Å²) < 4.78 is 0. The number of anilines is 1. The number of nitrogens with one attached hydrogen (secondary N) is 1. The molecule has 0 aromatic carbocycles. The van der Waals surface area contributed by atoms with Gasteiger partial charge in [-0.15, -0.1) is 0 Å². The van der Waals surface area contributed by atoms with Crippen molar-refractivity contribution in [3.63, 3.8) is 0 Å². The van der Waals surface area contributed by atoms with E-state index in [1.807, 2.05) is 18.3 Å². The van der Waals surface area contributed by atoms with Gasteiger partial charge in [-0.1, -0.05) is 19.1 Å². The van der Waals surface area contributed by atoms with E-state index in [0.29, 0.717) is 16.7 Å². The molecular formula is C14H22N4S. The highest BCUT2D eigenvalue weighted by Gasteiger charge is 2.18. The van der Waals surface area contributed by atoms with Crippen LogP contribution in [0, 0.1) is 0 Å². The Morgan fingerprint density at radius 1 is 1.47 bits per heavy atom. The fraction of sp³-hybridized carbons (Fsp3) is 0.571. The van der Waals surface area contributed by atoms with Gasteiger partial charge in [0.05, 0.1) is 17.6 Å². The molecule has 0 spiro atoms. The lowest BCUT2D eigenvalue weighted by molar-refractivity contribution is 0.219. The Labute approximate surface area is 120 Å². The van der Waals surface area contributed by atoms with Crippen LogP contribution in [0.15, 0.2) is 18.3 Å². The third-order valence-corrected chi connectivity index (χ3v) is 3.72. The van der Waals surface area contributed by atoms with Crippen LogP contribution >= 0.6 is 12.2 Å². The minimum atomic E-state index is 0.347. The number of nitrogens with zero attached hydrogens (tertiary/aromatic N) is 2. The van der Waals surface area contributed by atoms with Crippen LogP contribution in [0.1, 0.15) is 31.9 Å². The van der Waals surface area contributed by atoms with E-state index >= 15 is 0 Å². The van der Waals surface area contributed by atoms with Gasteiger partial charge in [0.15, 0.2) is 0 Å². The summed E-state index contributed by atoms with van der Waals surface area (Å²) in [5.74, 6) is 0. The molecule has 1 aromatic rings. The first-order chi connectivity index (χ1) is 9.19. The largest absolute Gasteiger partial charge is 0.388 e. The molecule has 1 aliphatic heterocycles. The van der Waals surface area contributed by atoms with Gasteiger partial charge in [0.25, 0.3) is 0 Å². The maximum atomic E-state index is 5.53. The van der Waals surface area contributed by atoms with Crippen molar-refractivity contribution in [2.75, 3.05) is 25.0 Å². The number of nitrogens with two attached hydrogens (primary N) is 1. The minimum absolute atomic E-state index is 0.347. The second-order valence-corrected chi connectivity index (χ2v) is 5.50. The monoisotopic (exact) mass is 278 g/mol. The predicted molar refractivity (Wildman–Crippen MR) is 83.5 cm³/mol. The van der Waals surface area contributed by atoms with Crippen LogP contribution < -0.4 is 11.1 Å². The van der Waals surface area contributed by atoms with Crippen LogP contribution in [-0.2, 0) is 0 Å². The molecule has 104 valence electrons. The summed E-state index contributed by atoms with van der Waals surface area (Å²) in [4.78, 5) is 7.13. The highest BCUT2D eigenvalue weighted by Crippen LogP contribution is 2.16. The van der Waals surface area contributed by atoms with E-state index in [1.165, 1.54) is 38.9 Å². The van der Waals surface area contributed by atoms with E-state index in [4.69, 9.17) is 18.0 Å². The Morgan fingerprint density at radius 2 is 2.21 bits per heavy atom. The Morgan fingerprint density at radius 3 is 2.74 bits per heavy atom. The van der Waals surface area contributed by atoms with Gasteiger partial charge in [-0.3, -0.25) is 4.98 Å². The molecule has 0 saturated carbocycles. The summed E-state index contributed by atoms with van der Waals surface area (Å²) in [6.07, 6.45) is 5.43. The Hall–Kier alpha value is -1.20. The number of rotatable bonds is 5. The second-order valence-electron chi connectivity index (χ2n) is 5.06. The first-order valence-electron chi connectivity index (χ1n) is 6.93. The maximum absolute atomic E-state index is 5.53. The molecule has 1 fully saturated rings. The number of thiocarbonyl (C=S) groups is 1. The molecule has 0 bridgehead atoms. The third kappa shape index (κ3) is 4.14. The lowest BCUT2D eigenvalue weighted by Gasteiger charge is -2.32. The van der Waals surface area contributed by atoms with E-state index in [0.717, 1.165) is 5.69 Å².